The number of hydrogen-bond donors (Lipinski definition) is 1. The number of methoxy groups -OCH3 is 1. The van der Waals surface area contributed by atoms with Gasteiger partial charge in [-0.25, -0.2) is 0 Å². The number of halogens is 1. The Morgan fingerprint density at radius 2 is 2.32 bits per heavy atom. The van der Waals surface area contributed by atoms with Gasteiger partial charge in [-0.3, -0.25) is 0 Å². The number of anilines is 1. The van der Waals surface area contributed by atoms with Crippen LogP contribution in [0.1, 0.15) is 25.3 Å². The van der Waals surface area contributed by atoms with Crippen LogP contribution in [0.3, 0.4) is 0 Å². The normalized spacial score (nSPS) is 21.5. The molecule has 3 nitrogen and oxygen atoms in total. The van der Waals surface area contributed by atoms with Gasteiger partial charge in [0.1, 0.15) is 0 Å². The number of benzene rings is 1. The van der Waals surface area contributed by atoms with Crippen LogP contribution in [0.25, 0.3) is 0 Å². The zero-order chi connectivity index (χ0) is 13.8. The molecule has 0 radical (unpaired) electrons. The molecule has 1 aliphatic heterocycles. The summed E-state index contributed by atoms with van der Waals surface area (Å²) in [6, 6.07) is 6.21. The minimum absolute atomic E-state index is 0.113. The molecule has 0 amide bonds. The third-order valence-corrected chi connectivity index (χ3v) is 4.03. The molecule has 2 atom stereocenters. The molecular weight excluding hydrogens is 260 g/mol. The lowest BCUT2D eigenvalue weighted by Gasteiger charge is -2.35. The standard InChI is InChI=1S/C15H23ClN2O/c1-11(17)9-13-14(16)6-3-7-15(13)18-8-4-5-12(10-18)19-2/h3,6-7,11-12H,4-5,8-10,17H2,1-2H3. The van der Waals surface area contributed by atoms with Crippen molar-refractivity contribution < 1.29 is 4.74 Å². The Kier molecular flexibility index (Phi) is 5.08. The molecule has 1 aromatic carbocycles. The molecule has 1 heterocycles. The summed E-state index contributed by atoms with van der Waals surface area (Å²) in [7, 11) is 1.79. The van der Waals surface area contributed by atoms with Crippen LogP contribution in [0, 0.1) is 0 Å². The molecule has 1 aromatic rings. The zero-order valence-corrected chi connectivity index (χ0v) is 12.5. The van der Waals surface area contributed by atoms with Crippen molar-refractivity contribution in [3.05, 3.63) is 28.8 Å². The number of piperidine rings is 1. The summed E-state index contributed by atoms with van der Waals surface area (Å²) in [5.41, 5.74) is 8.32. The van der Waals surface area contributed by atoms with Crippen molar-refractivity contribution in [2.24, 2.45) is 5.73 Å². The Morgan fingerprint density at radius 3 is 3.00 bits per heavy atom. The first-order valence-corrected chi connectivity index (χ1v) is 7.30. The summed E-state index contributed by atoms with van der Waals surface area (Å²) < 4.78 is 5.49. The quantitative estimate of drug-likeness (QED) is 0.923. The second-order valence-electron chi connectivity index (χ2n) is 5.36. The molecule has 0 aliphatic carbocycles. The minimum atomic E-state index is 0.113. The average molecular weight is 283 g/mol. The van der Waals surface area contributed by atoms with E-state index in [1.165, 1.54) is 5.69 Å². The van der Waals surface area contributed by atoms with E-state index in [9.17, 15) is 0 Å². The average Bonchev–Trinajstić information content (AvgIpc) is 2.40. The molecule has 1 saturated heterocycles. The summed E-state index contributed by atoms with van der Waals surface area (Å²) >= 11 is 6.35. The van der Waals surface area contributed by atoms with Crippen LogP contribution in [-0.2, 0) is 11.2 Å². The Hall–Kier alpha value is -0.770. The van der Waals surface area contributed by atoms with E-state index in [1.807, 2.05) is 19.1 Å². The summed E-state index contributed by atoms with van der Waals surface area (Å²) in [6.45, 7) is 4.01. The van der Waals surface area contributed by atoms with Crippen molar-refractivity contribution in [2.45, 2.75) is 38.3 Å². The maximum Gasteiger partial charge on any atom is 0.0746 e. The monoisotopic (exact) mass is 282 g/mol. The SMILES string of the molecule is COC1CCCN(c2cccc(Cl)c2CC(C)N)C1. The minimum Gasteiger partial charge on any atom is -0.380 e. The van der Waals surface area contributed by atoms with E-state index >= 15 is 0 Å². The van der Waals surface area contributed by atoms with E-state index in [2.05, 4.69) is 11.0 Å². The molecule has 0 aromatic heterocycles. The van der Waals surface area contributed by atoms with E-state index in [0.717, 1.165) is 42.9 Å². The lowest BCUT2D eigenvalue weighted by Crippen LogP contribution is -2.40. The summed E-state index contributed by atoms with van der Waals surface area (Å²) in [5, 5.41) is 0.814. The second-order valence-corrected chi connectivity index (χ2v) is 5.77. The van der Waals surface area contributed by atoms with E-state index in [-0.39, 0.29) is 6.04 Å². The Labute approximate surface area is 120 Å². The lowest BCUT2D eigenvalue weighted by molar-refractivity contribution is 0.0893. The highest BCUT2D eigenvalue weighted by molar-refractivity contribution is 6.31. The van der Waals surface area contributed by atoms with Crippen molar-refractivity contribution in [1.29, 1.82) is 0 Å². The first-order valence-electron chi connectivity index (χ1n) is 6.92. The third kappa shape index (κ3) is 3.62. The van der Waals surface area contributed by atoms with Gasteiger partial charge in [-0.1, -0.05) is 17.7 Å². The number of hydrogen-bond acceptors (Lipinski definition) is 3. The van der Waals surface area contributed by atoms with E-state index in [0.29, 0.717) is 6.10 Å². The van der Waals surface area contributed by atoms with Crippen molar-refractivity contribution in [2.75, 3.05) is 25.1 Å². The van der Waals surface area contributed by atoms with Crippen LogP contribution >= 0.6 is 11.6 Å². The molecule has 0 saturated carbocycles. The fourth-order valence-corrected chi connectivity index (χ4v) is 2.96. The molecule has 2 rings (SSSR count). The van der Waals surface area contributed by atoms with E-state index in [1.54, 1.807) is 7.11 Å². The van der Waals surface area contributed by atoms with Gasteiger partial charge in [0.15, 0.2) is 0 Å². The number of nitrogens with zero attached hydrogens (tertiary/aromatic N) is 1. The third-order valence-electron chi connectivity index (χ3n) is 3.67. The van der Waals surface area contributed by atoms with E-state index in [4.69, 9.17) is 22.1 Å². The molecule has 4 heteroatoms. The molecular formula is C15H23ClN2O. The Morgan fingerprint density at radius 1 is 1.53 bits per heavy atom. The fraction of sp³-hybridized carbons (Fsp3) is 0.600. The summed E-state index contributed by atoms with van der Waals surface area (Å²) in [6.07, 6.45) is 3.41. The van der Waals surface area contributed by atoms with Crippen molar-refractivity contribution in [1.82, 2.24) is 0 Å². The van der Waals surface area contributed by atoms with Gasteiger partial charge in [0.25, 0.3) is 0 Å². The summed E-state index contributed by atoms with van der Waals surface area (Å²) in [5.74, 6) is 0. The molecule has 1 aliphatic rings. The largest absolute Gasteiger partial charge is 0.380 e. The summed E-state index contributed by atoms with van der Waals surface area (Å²) in [4.78, 5) is 2.38. The smallest absolute Gasteiger partial charge is 0.0746 e. The van der Waals surface area contributed by atoms with Crippen LogP contribution in [0.2, 0.25) is 5.02 Å². The highest BCUT2D eigenvalue weighted by atomic mass is 35.5. The molecule has 1 fully saturated rings. The highest BCUT2D eigenvalue weighted by Crippen LogP contribution is 2.30. The molecule has 19 heavy (non-hydrogen) atoms. The first kappa shape index (κ1) is 14.6. The Bertz CT molecular complexity index is 423. The predicted molar refractivity (Wildman–Crippen MR) is 81.0 cm³/mol. The second kappa shape index (κ2) is 6.60. The number of nitrogens with two attached hydrogens (primary N) is 1. The van der Waals surface area contributed by atoms with Gasteiger partial charge < -0.3 is 15.4 Å². The number of rotatable bonds is 4. The lowest BCUT2D eigenvalue weighted by atomic mass is 10.0. The van der Waals surface area contributed by atoms with Gasteiger partial charge in [0, 0.05) is 37.0 Å². The van der Waals surface area contributed by atoms with Crippen LogP contribution in [0.15, 0.2) is 18.2 Å². The Balaban J connectivity index is 2.25. The van der Waals surface area contributed by atoms with Crippen molar-refractivity contribution >= 4 is 17.3 Å². The molecule has 2 unspecified atom stereocenters. The first-order chi connectivity index (χ1) is 9.11. The van der Waals surface area contributed by atoms with Crippen LogP contribution < -0.4 is 10.6 Å². The van der Waals surface area contributed by atoms with Gasteiger partial charge in [0.2, 0.25) is 0 Å². The fourth-order valence-electron chi connectivity index (χ4n) is 2.72. The molecule has 0 spiro atoms. The predicted octanol–water partition coefficient (Wildman–Crippen LogP) is 2.84. The van der Waals surface area contributed by atoms with Gasteiger partial charge in [-0.2, -0.15) is 0 Å². The highest BCUT2D eigenvalue weighted by Gasteiger charge is 2.22. The van der Waals surface area contributed by atoms with Gasteiger partial charge in [0.05, 0.1) is 6.10 Å². The maximum absolute atomic E-state index is 6.35. The van der Waals surface area contributed by atoms with Gasteiger partial charge in [-0.15, -0.1) is 0 Å². The van der Waals surface area contributed by atoms with Crippen LogP contribution in [0.4, 0.5) is 5.69 Å². The van der Waals surface area contributed by atoms with Crippen molar-refractivity contribution in [3.63, 3.8) is 0 Å². The van der Waals surface area contributed by atoms with Crippen LogP contribution in [-0.4, -0.2) is 32.3 Å². The van der Waals surface area contributed by atoms with Gasteiger partial charge in [-0.05, 0) is 43.9 Å². The van der Waals surface area contributed by atoms with Crippen molar-refractivity contribution in [3.8, 4) is 0 Å². The molecule has 2 N–H and O–H groups in total. The zero-order valence-electron chi connectivity index (χ0n) is 11.7. The molecule has 106 valence electrons. The molecule has 0 bridgehead atoms. The topological polar surface area (TPSA) is 38.5 Å². The van der Waals surface area contributed by atoms with Crippen LogP contribution in [0.5, 0.6) is 0 Å². The van der Waals surface area contributed by atoms with E-state index < -0.39 is 0 Å². The number of ether oxygens (including phenoxy) is 1. The maximum atomic E-state index is 6.35. The van der Waals surface area contributed by atoms with Gasteiger partial charge >= 0.3 is 0 Å².